The van der Waals surface area contributed by atoms with Gasteiger partial charge in [-0.2, -0.15) is 0 Å². The first kappa shape index (κ1) is 13.8. The summed E-state index contributed by atoms with van der Waals surface area (Å²) in [5, 5.41) is 0. The summed E-state index contributed by atoms with van der Waals surface area (Å²) in [6.07, 6.45) is 3.44. The van der Waals surface area contributed by atoms with Gasteiger partial charge in [-0.05, 0) is 36.2 Å². The van der Waals surface area contributed by atoms with Crippen molar-refractivity contribution in [1.82, 2.24) is 14.5 Å². The van der Waals surface area contributed by atoms with E-state index in [1.165, 1.54) is 12.1 Å². The lowest BCUT2D eigenvalue weighted by Crippen LogP contribution is -2.35. The van der Waals surface area contributed by atoms with Gasteiger partial charge in [-0.1, -0.05) is 0 Å². The highest BCUT2D eigenvalue weighted by molar-refractivity contribution is 5.78. The number of rotatable bonds is 2. The summed E-state index contributed by atoms with van der Waals surface area (Å²) in [6, 6.07) is 6.38. The molecule has 110 valence electrons. The monoisotopic (exact) mass is 287 g/mol. The molecule has 1 amide bonds. The average molecular weight is 287 g/mol. The molecule has 0 N–H and O–H groups in total. The Morgan fingerprint density at radius 2 is 2.05 bits per heavy atom. The maximum absolute atomic E-state index is 13.1. The Balaban J connectivity index is 1.92. The van der Waals surface area contributed by atoms with Gasteiger partial charge in [-0.15, -0.1) is 0 Å². The summed E-state index contributed by atoms with van der Waals surface area (Å²) in [5.41, 5.74) is 1.87. The topological polar surface area (TPSA) is 38.1 Å². The number of carbonyl (C=O) groups is 1. The van der Waals surface area contributed by atoms with Crippen LogP contribution in [0.25, 0.3) is 11.3 Å². The second-order valence-corrected chi connectivity index (χ2v) is 5.65. The van der Waals surface area contributed by atoms with Crippen molar-refractivity contribution < 1.29 is 9.18 Å². The van der Waals surface area contributed by atoms with Gasteiger partial charge in [-0.3, -0.25) is 4.79 Å². The molecular formula is C16H18FN3O. The molecule has 0 bridgehead atoms. The van der Waals surface area contributed by atoms with Gasteiger partial charge in [0.15, 0.2) is 0 Å². The van der Waals surface area contributed by atoms with Crippen molar-refractivity contribution in [3.8, 4) is 11.3 Å². The first-order valence-corrected chi connectivity index (χ1v) is 7.08. The fraction of sp³-hybridized carbons (Fsp3) is 0.375. The van der Waals surface area contributed by atoms with E-state index in [1.807, 2.05) is 6.20 Å². The van der Waals surface area contributed by atoms with Crippen LogP contribution in [-0.4, -0.2) is 34.5 Å². The van der Waals surface area contributed by atoms with Gasteiger partial charge in [0.1, 0.15) is 11.6 Å². The molecule has 3 rings (SSSR count). The number of hydrogen-bond acceptors (Lipinski definition) is 2. The lowest BCUT2D eigenvalue weighted by Gasteiger charge is -2.26. The second kappa shape index (κ2) is 5.31. The third-order valence-corrected chi connectivity index (χ3v) is 3.99. The van der Waals surface area contributed by atoms with Crippen molar-refractivity contribution in [2.75, 3.05) is 14.1 Å². The van der Waals surface area contributed by atoms with Crippen LogP contribution >= 0.6 is 0 Å². The Labute approximate surface area is 123 Å². The van der Waals surface area contributed by atoms with E-state index in [4.69, 9.17) is 0 Å². The zero-order chi connectivity index (χ0) is 15.0. The van der Waals surface area contributed by atoms with Crippen molar-refractivity contribution >= 4 is 5.91 Å². The van der Waals surface area contributed by atoms with Crippen LogP contribution < -0.4 is 0 Å². The molecule has 1 aliphatic heterocycles. The fourth-order valence-corrected chi connectivity index (χ4v) is 2.85. The standard InChI is InChI=1S/C16H18FN3O/c1-19(2)16(21)12-5-8-15-18-9-14(20(15)10-12)11-3-6-13(17)7-4-11/h3-4,6-7,9,12H,5,8,10H2,1-2H3. The number of carbonyl (C=O) groups excluding carboxylic acids is 1. The van der Waals surface area contributed by atoms with Crippen molar-refractivity contribution in [2.45, 2.75) is 19.4 Å². The van der Waals surface area contributed by atoms with E-state index in [1.54, 1.807) is 31.1 Å². The summed E-state index contributed by atoms with van der Waals surface area (Å²) in [4.78, 5) is 18.2. The van der Waals surface area contributed by atoms with E-state index in [2.05, 4.69) is 9.55 Å². The van der Waals surface area contributed by atoms with Gasteiger partial charge in [0.25, 0.3) is 0 Å². The summed E-state index contributed by atoms with van der Waals surface area (Å²) < 4.78 is 15.1. The number of nitrogens with zero attached hydrogens (tertiary/aromatic N) is 3. The second-order valence-electron chi connectivity index (χ2n) is 5.65. The zero-order valence-corrected chi connectivity index (χ0v) is 12.2. The molecule has 0 aliphatic carbocycles. The van der Waals surface area contributed by atoms with Crippen molar-refractivity contribution in [2.24, 2.45) is 5.92 Å². The largest absolute Gasteiger partial charge is 0.349 e. The normalized spacial score (nSPS) is 17.4. The maximum atomic E-state index is 13.1. The molecule has 0 saturated heterocycles. The van der Waals surface area contributed by atoms with Gasteiger partial charge < -0.3 is 9.47 Å². The number of aryl methyl sites for hydroxylation is 1. The van der Waals surface area contributed by atoms with Crippen LogP contribution in [0.1, 0.15) is 12.2 Å². The van der Waals surface area contributed by atoms with Crippen LogP contribution in [0.3, 0.4) is 0 Å². The van der Waals surface area contributed by atoms with Crippen LogP contribution in [0.15, 0.2) is 30.5 Å². The van der Waals surface area contributed by atoms with Gasteiger partial charge >= 0.3 is 0 Å². The molecule has 1 atom stereocenters. The lowest BCUT2D eigenvalue weighted by atomic mass is 9.97. The Bertz CT molecular complexity index is 661. The number of halogens is 1. The molecule has 21 heavy (non-hydrogen) atoms. The number of aromatic nitrogens is 2. The molecular weight excluding hydrogens is 269 g/mol. The van der Waals surface area contributed by atoms with E-state index in [9.17, 15) is 9.18 Å². The number of imidazole rings is 1. The minimum atomic E-state index is -0.252. The molecule has 2 heterocycles. The summed E-state index contributed by atoms with van der Waals surface area (Å²) in [5.74, 6) is 0.884. The number of benzene rings is 1. The molecule has 2 aromatic rings. The zero-order valence-electron chi connectivity index (χ0n) is 12.2. The fourth-order valence-electron chi connectivity index (χ4n) is 2.85. The quantitative estimate of drug-likeness (QED) is 0.850. The van der Waals surface area contributed by atoms with Crippen LogP contribution in [0.4, 0.5) is 4.39 Å². The molecule has 0 spiro atoms. The number of hydrogen-bond donors (Lipinski definition) is 0. The van der Waals surface area contributed by atoms with Crippen LogP contribution in [0, 0.1) is 11.7 Å². The Morgan fingerprint density at radius 3 is 2.71 bits per heavy atom. The van der Waals surface area contributed by atoms with E-state index in [0.717, 1.165) is 29.9 Å². The van der Waals surface area contributed by atoms with E-state index in [0.29, 0.717) is 6.54 Å². The minimum Gasteiger partial charge on any atom is -0.349 e. The highest BCUT2D eigenvalue weighted by atomic mass is 19.1. The van der Waals surface area contributed by atoms with Gasteiger partial charge in [0.2, 0.25) is 5.91 Å². The van der Waals surface area contributed by atoms with Gasteiger partial charge in [0, 0.05) is 27.1 Å². The molecule has 1 unspecified atom stereocenters. The van der Waals surface area contributed by atoms with E-state index >= 15 is 0 Å². The minimum absolute atomic E-state index is 0.0131. The van der Waals surface area contributed by atoms with E-state index < -0.39 is 0 Å². The highest BCUT2D eigenvalue weighted by Crippen LogP contribution is 2.28. The predicted molar refractivity (Wildman–Crippen MR) is 78.1 cm³/mol. The Hall–Kier alpha value is -2.17. The first-order valence-electron chi connectivity index (χ1n) is 7.08. The van der Waals surface area contributed by atoms with Crippen LogP contribution in [-0.2, 0) is 17.8 Å². The highest BCUT2D eigenvalue weighted by Gasteiger charge is 2.28. The van der Waals surface area contributed by atoms with Crippen molar-refractivity contribution in [3.63, 3.8) is 0 Å². The molecule has 0 saturated carbocycles. The molecule has 1 aromatic heterocycles. The number of amides is 1. The molecule has 5 heteroatoms. The smallest absolute Gasteiger partial charge is 0.226 e. The Kier molecular flexibility index (Phi) is 3.49. The third kappa shape index (κ3) is 2.55. The molecule has 0 fully saturated rings. The summed E-state index contributed by atoms with van der Waals surface area (Å²) in [6.45, 7) is 0.638. The average Bonchev–Trinajstić information content (AvgIpc) is 2.90. The predicted octanol–water partition coefficient (Wildman–Crippen LogP) is 2.34. The maximum Gasteiger partial charge on any atom is 0.226 e. The summed E-state index contributed by atoms with van der Waals surface area (Å²) in [7, 11) is 3.57. The van der Waals surface area contributed by atoms with Crippen LogP contribution in [0.2, 0.25) is 0 Å². The van der Waals surface area contributed by atoms with Crippen molar-refractivity contribution in [1.29, 1.82) is 0 Å². The molecule has 4 nitrogen and oxygen atoms in total. The number of fused-ring (bicyclic) bond motifs is 1. The molecule has 0 radical (unpaired) electrons. The Morgan fingerprint density at radius 1 is 1.33 bits per heavy atom. The third-order valence-electron chi connectivity index (χ3n) is 3.99. The van der Waals surface area contributed by atoms with E-state index in [-0.39, 0.29) is 17.6 Å². The molecule has 1 aliphatic rings. The molecule has 1 aromatic carbocycles. The SMILES string of the molecule is CN(C)C(=O)C1CCc2ncc(-c3ccc(F)cc3)n2C1. The van der Waals surface area contributed by atoms with Crippen LogP contribution in [0.5, 0.6) is 0 Å². The first-order chi connectivity index (χ1) is 10.1. The summed E-state index contributed by atoms with van der Waals surface area (Å²) >= 11 is 0. The van der Waals surface area contributed by atoms with Crippen molar-refractivity contribution in [3.05, 3.63) is 42.1 Å². The lowest BCUT2D eigenvalue weighted by molar-refractivity contribution is -0.133. The van der Waals surface area contributed by atoms with Gasteiger partial charge in [0.05, 0.1) is 17.8 Å². The van der Waals surface area contributed by atoms with Gasteiger partial charge in [-0.25, -0.2) is 9.37 Å².